The quantitative estimate of drug-likeness (QED) is 0.529. The van der Waals surface area contributed by atoms with E-state index in [1.54, 1.807) is 35.2 Å². The van der Waals surface area contributed by atoms with Crippen LogP contribution in [0.15, 0.2) is 55.2 Å². The number of tetrazole rings is 1. The van der Waals surface area contributed by atoms with Gasteiger partial charge in [-0.1, -0.05) is 0 Å². The van der Waals surface area contributed by atoms with Gasteiger partial charge in [-0.15, -0.1) is 5.10 Å². The summed E-state index contributed by atoms with van der Waals surface area (Å²) in [6.45, 7) is 2.15. The van der Waals surface area contributed by atoms with Gasteiger partial charge in [0, 0.05) is 62.1 Å². The predicted octanol–water partition coefficient (Wildman–Crippen LogP) is 1.78. The summed E-state index contributed by atoms with van der Waals surface area (Å²) in [7, 11) is 0. The average Bonchev–Trinajstić information content (AvgIpc) is 3.43. The summed E-state index contributed by atoms with van der Waals surface area (Å²) in [6, 6.07) is 7.52. The van der Waals surface area contributed by atoms with Crippen molar-refractivity contribution >= 4 is 11.6 Å². The maximum Gasteiger partial charge on any atom is 0.254 e. The summed E-state index contributed by atoms with van der Waals surface area (Å²) in [5, 5.41) is 11.4. The second kappa shape index (κ2) is 7.42. The van der Waals surface area contributed by atoms with Crippen molar-refractivity contribution in [1.82, 2.24) is 39.5 Å². The fourth-order valence-corrected chi connectivity index (χ4v) is 3.93. The SMILES string of the molecule is O=C(c1ccn2nnnc2c1)N1CCCC(c2nccn2Cc2ccncc2)C1. The van der Waals surface area contributed by atoms with Crippen LogP contribution in [-0.4, -0.2) is 58.5 Å². The Morgan fingerprint density at radius 3 is 2.93 bits per heavy atom. The molecule has 1 atom stereocenters. The van der Waals surface area contributed by atoms with Gasteiger partial charge in [0.2, 0.25) is 0 Å². The van der Waals surface area contributed by atoms with E-state index in [2.05, 4.69) is 30.1 Å². The molecule has 0 aliphatic carbocycles. The lowest BCUT2D eigenvalue weighted by atomic mass is 9.96. The molecule has 146 valence electrons. The number of piperidine rings is 1. The molecule has 4 aromatic rings. The van der Waals surface area contributed by atoms with Crippen LogP contribution in [0.5, 0.6) is 0 Å². The van der Waals surface area contributed by atoms with Crippen LogP contribution in [0.2, 0.25) is 0 Å². The van der Waals surface area contributed by atoms with Crippen molar-refractivity contribution < 1.29 is 4.79 Å². The first kappa shape index (κ1) is 17.5. The van der Waals surface area contributed by atoms with E-state index in [0.29, 0.717) is 17.8 Å². The number of nitrogens with zero attached hydrogens (tertiary/aromatic N) is 8. The van der Waals surface area contributed by atoms with Crippen molar-refractivity contribution in [3.05, 3.63) is 72.2 Å². The van der Waals surface area contributed by atoms with E-state index in [9.17, 15) is 4.79 Å². The van der Waals surface area contributed by atoms with Crippen LogP contribution in [0.3, 0.4) is 0 Å². The van der Waals surface area contributed by atoms with Crippen molar-refractivity contribution in [2.75, 3.05) is 13.1 Å². The zero-order valence-corrected chi connectivity index (χ0v) is 15.8. The Morgan fingerprint density at radius 1 is 1.14 bits per heavy atom. The fraction of sp³-hybridized carbons (Fsp3) is 0.300. The zero-order chi connectivity index (χ0) is 19.6. The summed E-state index contributed by atoms with van der Waals surface area (Å²) in [5.74, 6) is 1.24. The van der Waals surface area contributed by atoms with Gasteiger partial charge in [0.1, 0.15) is 5.82 Å². The predicted molar refractivity (Wildman–Crippen MR) is 104 cm³/mol. The smallest absolute Gasteiger partial charge is 0.254 e. The first-order valence-electron chi connectivity index (χ1n) is 9.65. The van der Waals surface area contributed by atoms with Crippen LogP contribution in [-0.2, 0) is 6.54 Å². The molecular weight excluding hydrogens is 368 g/mol. The lowest BCUT2D eigenvalue weighted by Gasteiger charge is -2.32. The van der Waals surface area contributed by atoms with Crippen LogP contribution in [0.4, 0.5) is 0 Å². The number of aromatic nitrogens is 7. The molecule has 0 N–H and O–H groups in total. The third kappa shape index (κ3) is 3.46. The van der Waals surface area contributed by atoms with Gasteiger partial charge in [0.05, 0.1) is 0 Å². The molecule has 4 aromatic heterocycles. The Morgan fingerprint density at radius 2 is 2.03 bits per heavy atom. The summed E-state index contributed by atoms with van der Waals surface area (Å²) in [6.07, 6.45) is 11.1. The number of likely N-dealkylation sites (tertiary alicyclic amines) is 1. The molecule has 5 rings (SSSR count). The van der Waals surface area contributed by atoms with Crippen LogP contribution < -0.4 is 0 Å². The molecule has 9 nitrogen and oxygen atoms in total. The third-order valence-electron chi connectivity index (χ3n) is 5.37. The fourth-order valence-electron chi connectivity index (χ4n) is 3.93. The third-order valence-corrected chi connectivity index (χ3v) is 5.37. The minimum atomic E-state index is 0.00689. The van der Waals surface area contributed by atoms with E-state index in [1.807, 2.05) is 29.4 Å². The van der Waals surface area contributed by atoms with Crippen LogP contribution in [0.25, 0.3) is 5.65 Å². The average molecular weight is 388 g/mol. The Balaban J connectivity index is 1.34. The number of rotatable bonds is 4. The highest BCUT2D eigenvalue weighted by molar-refractivity contribution is 5.95. The summed E-state index contributed by atoms with van der Waals surface area (Å²) < 4.78 is 3.72. The summed E-state index contributed by atoms with van der Waals surface area (Å²) in [5.41, 5.74) is 2.35. The first-order valence-corrected chi connectivity index (χ1v) is 9.65. The summed E-state index contributed by atoms with van der Waals surface area (Å²) >= 11 is 0. The van der Waals surface area contributed by atoms with E-state index in [0.717, 1.165) is 31.8 Å². The van der Waals surface area contributed by atoms with E-state index < -0.39 is 0 Å². The molecule has 1 saturated heterocycles. The monoisotopic (exact) mass is 388 g/mol. The van der Waals surface area contributed by atoms with Crippen molar-refractivity contribution in [3.8, 4) is 0 Å². The van der Waals surface area contributed by atoms with E-state index in [4.69, 9.17) is 0 Å². The Hall–Kier alpha value is -3.62. The maximum atomic E-state index is 13.1. The van der Waals surface area contributed by atoms with Crippen LogP contribution >= 0.6 is 0 Å². The minimum Gasteiger partial charge on any atom is -0.338 e. The highest BCUT2D eigenvalue weighted by atomic mass is 16.2. The van der Waals surface area contributed by atoms with Gasteiger partial charge in [-0.2, -0.15) is 0 Å². The Kier molecular flexibility index (Phi) is 4.47. The van der Waals surface area contributed by atoms with E-state index in [1.165, 1.54) is 5.56 Å². The highest BCUT2D eigenvalue weighted by Gasteiger charge is 2.28. The molecular formula is C20H20N8O. The van der Waals surface area contributed by atoms with Gasteiger partial charge in [-0.05, 0) is 53.1 Å². The molecule has 1 fully saturated rings. The lowest BCUT2D eigenvalue weighted by molar-refractivity contribution is 0.0703. The molecule has 0 aromatic carbocycles. The van der Waals surface area contributed by atoms with E-state index in [-0.39, 0.29) is 11.8 Å². The number of hydrogen-bond donors (Lipinski definition) is 0. The molecule has 1 unspecified atom stereocenters. The lowest BCUT2D eigenvalue weighted by Crippen LogP contribution is -2.39. The van der Waals surface area contributed by atoms with Gasteiger partial charge in [-0.3, -0.25) is 9.78 Å². The topological polar surface area (TPSA) is 94.1 Å². The molecule has 0 spiro atoms. The molecule has 1 aliphatic rings. The number of pyridine rings is 2. The Labute approximate surface area is 167 Å². The van der Waals surface area contributed by atoms with Crippen LogP contribution in [0, 0.1) is 0 Å². The van der Waals surface area contributed by atoms with Gasteiger partial charge in [0.25, 0.3) is 5.91 Å². The van der Waals surface area contributed by atoms with Crippen molar-refractivity contribution in [2.24, 2.45) is 0 Å². The van der Waals surface area contributed by atoms with Crippen molar-refractivity contribution in [2.45, 2.75) is 25.3 Å². The molecule has 5 heterocycles. The van der Waals surface area contributed by atoms with Gasteiger partial charge in [-0.25, -0.2) is 9.50 Å². The summed E-state index contributed by atoms with van der Waals surface area (Å²) in [4.78, 5) is 23.7. The minimum absolute atomic E-state index is 0.00689. The van der Waals surface area contributed by atoms with Crippen LogP contribution in [0.1, 0.15) is 40.5 Å². The number of imidazole rings is 1. The Bertz CT molecular complexity index is 1140. The number of amides is 1. The standard InChI is InChI=1S/C20H20N8O/c29-20(16-5-10-28-18(12-16)23-24-25-28)27-9-1-2-17(14-27)19-22-8-11-26(19)13-15-3-6-21-7-4-15/h3-8,10-12,17H,1-2,9,13-14H2. The number of carbonyl (C=O) groups excluding carboxylic acids is 1. The highest BCUT2D eigenvalue weighted by Crippen LogP contribution is 2.27. The molecule has 0 radical (unpaired) electrons. The molecule has 1 amide bonds. The van der Waals surface area contributed by atoms with E-state index >= 15 is 0 Å². The van der Waals surface area contributed by atoms with Crippen molar-refractivity contribution in [3.63, 3.8) is 0 Å². The molecule has 0 bridgehead atoms. The number of fused-ring (bicyclic) bond motifs is 1. The normalized spacial score (nSPS) is 17.0. The van der Waals surface area contributed by atoms with Gasteiger partial charge in [0.15, 0.2) is 5.65 Å². The second-order valence-electron chi connectivity index (χ2n) is 7.26. The molecule has 0 saturated carbocycles. The second-order valence-corrected chi connectivity index (χ2v) is 7.26. The first-order chi connectivity index (χ1) is 14.3. The van der Waals surface area contributed by atoms with Gasteiger partial charge < -0.3 is 9.47 Å². The molecule has 9 heteroatoms. The zero-order valence-electron chi connectivity index (χ0n) is 15.8. The maximum absolute atomic E-state index is 13.1. The largest absolute Gasteiger partial charge is 0.338 e. The number of hydrogen-bond acceptors (Lipinski definition) is 6. The van der Waals surface area contributed by atoms with Crippen molar-refractivity contribution in [1.29, 1.82) is 0 Å². The number of carbonyl (C=O) groups is 1. The molecule has 29 heavy (non-hydrogen) atoms. The van der Waals surface area contributed by atoms with Gasteiger partial charge >= 0.3 is 0 Å². The molecule has 1 aliphatic heterocycles.